The predicted octanol–water partition coefficient (Wildman–Crippen LogP) is 3.56. The summed E-state index contributed by atoms with van der Waals surface area (Å²) < 4.78 is 0. The lowest BCUT2D eigenvalue weighted by molar-refractivity contribution is 0.0993. The number of nitrogens with one attached hydrogen (secondary N) is 1. The van der Waals surface area contributed by atoms with Gasteiger partial charge in [0.25, 0.3) is 0 Å². The van der Waals surface area contributed by atoms with Gasteiger partial charge in [0.1, 0.15) is 0 Å². The van der Waals surface area contributed by atoms with Gasteiger partial charge in [-0.1, -0.05) is 42.5 Å². The van der Waals surface area contributed by atoms with Crippen LogP contribution in [0.15, 0.2) is 71.9 Å². The standard InChI is InChI=1S/C23H21N5O/c24-20-4-2-1-3-18(20)13-22(29)17-7-5-16(6-8-17)14-27-23-26-12-10-21(28-23)19-9-11-25-15-19/h1-12H,13-15,24H2,(H,26,27,28). The maximum absolute atomic E-state index is 12.5. The molecule has 1 aromatic heterocycles. The number of hydrogen-bond donors (Lipinski definition) is 2. The monoisotopic (exact) mass is 383 g/mol. The molecular formula is C23H21N5O. The van der Waals surface area contributed by atoms with Gasteiger partial charge in [-0.2, -0.15) is 0 Å². The molecule has 0 amide bonds. The summed E-state index contributed by atoms with van der Waals surface area (Å²) in [5, 5.41) is 3.23. The molecule has 0 radical (unpaired) electrons. The summed E-state index contributed by atoms with van der Waals surface area (Å²) in [4.78, 5) is 25.5. The largest absolute Gasteiger partial charge is 0.398 e. The fourth-order valence-electron chi connectivity index (χ4n) is 3.10. The van der Waals surface area contributed by atoms with Crippen LogP contribution in [0.25, 0.3) is 5.57 Å². The minimum Gasteiger partial charge on any atom is -0.398 e. The highest BCUT2D eigenvalue weighted by Gasteiger charge is 2.10. The first-order valence-corrected chi connectivity index (χ1v) is 9.41. The highest BCUT2D eigenvalue weighted by atomic mass is 16.1. The number of ketones is 1. The zero-order chi connectivity index (χ0) is 20.1. The second-order valence-corrected chi connectivity index (χ2v) is 6.80. The minimum atomic E-state index is 0.0468. The van der Waals surface area contributed by atoms with Crippen molar-refractivity contribution in [2.45, 2.75) is 13.0 Å². The van der Waals surface area contributed by atoms with Crippen LogP contribution >= 0.6 is 0 Å². The molecule has 0 aliphatic carbocycles. The summed E-state index contributed by atoms with van der Waals surface area (Å²) in [5.74, 6) is 0.612. The molecule has 2 heterocycles. The van der Waals surface area contributed by atoms with Gasteiger partial charge in [0.05, 0.1) is 12.2 Å². The van der Waals surface area contributed by atoms with E-state index in [4.69, 9.17) is 5.73 Å². The molecule has 3 aromatic rings. The van der Waals surface area contributed by atoms with Crippen LogP contribution in [0.1, 0.15) is 27.2 Å². The first-order valence-electron chi connectivity index (χ1n) is 9.41. The van der Waals surface area contributed by atoms with Gasteiger partial charge in [-0.3, -0.25) is 9.79 Å². The lowest BCUT2D eigenvalue weighted by atomic mass is 10.0. The number of anilines is 2. The fourth-order valence-corrected chi connectivity index (χ4v) is 3.10. The summed E-state index contributed by atoms with van der Waals surface area (Å²) in [6.07, 6.45) is 5.79. The Morgan fingerprint density at radius 3 is 2.66 bits per heavy atom. The van der Waals surface area contributed by atoms with Crippen molar-refractivity contribution in [3.05, 3.63) is 89.3 Å². The van der Waals surface area contributed by atoms with Gasteiger partial charge in [-0.15, -0.1) is 0 Å². The Balaban J connectivity index is 1.37. The van der Waals surface area contributed by atoms with Crippen molar-refractivity contribution in [3.8, 4) is 0 Å². The number of benzene rings is 2. The molecule has 0 unspecified atom stereocenters. The van der Waals surface area contributed by atoms with E-state index in [1.807, 2.05) is 60.7 Å². The van der Waals surface area contributed by atoms with Crippen LogP contribution in [0.2, 0.25) is 0 Å². The Kier molecular flexibility index (Phi) is 5.42. The quantitative estimate of drug-likeness (QED) is 0.481. The number of carbonyl (C=O) groups excluding carboxylic acids is 1. The number of nitrogens with zero attached hydrogens (tertiary/aromatic N) is 3. The first kappa shape index (κ1) is 18.6. The Labute approximate surface area is 169 Å². The highest BCUT2D eigenvalue weighted by Crippen LogP contribution is 2.17. The Morgan fingerprint density at radius 1 is 1.07 bits per heavy atom. The molecule has 144 valence electrons. The average Bonchev–Trinajstić information content (AvgIpc) is 3.29. The molecule has 29 heavy (non-hydrogen) atoms. The maximum atomic E-state index is 12.5. The number of rotatable bonds is 7. The smallest absolute Gasteiger partial charge is 0.223 e. The summed E-state index contributed by atoms with van der Waals surface area (Å²) in [7, 11) is 0. The van der Waals surface area contributed by atoms with Crippen LogP contribution < -0.4 is 11.1 Å². The van der Waals surface area contributed by atoms with E-state index in [1.165, 1.54) is 0 Å². The molecule has 1 aliphatic rings. The Hall–Kier alpha value is -3.80. The first-order chi connectivity index (χ1) is 14.2. The van der Waals surface area contributed by atoms with Crippen LogP contribution in [0.5, 0.6) is 0 Å². The van der Waals surface area contributed by atoms with Gasteiger partial charge in [0.2, 0.25) is 5.95 Å². The number of aromatic nitrogens is 2. The van der Waals surface area contributed by atoms with E-state index in [-0.39, 0.29) is 5.78 Å². The minimum absolute atomic E-state index is 0.0468. The average molecular weight is 383 g/mol. The molecule has 2 aromatic carbocycles. The molecule has 6 heteroatoms. The molecule has 0 saturated carbocycles. The van der Waals surface area contributed by atoms with Crippen molar-refractivity contribution in [2.24, 2.45) is 4.99 Å². The molecule has 0 saturated heterocycles. The van der Waals surface area contributed by atoms with Crippen molar-refractivity contribution in [1.82, 2.24) is 9.97 Å². The van der Waals surface area contributed by atoms with Crippen LogP contribution in [-0.4, -0.2) is 28.5 Å². The number of allylic oxidation sites excluding steroid dienone is 1. The van der Waals surface area contributed by atoms with Crippen LogP contribution in [0.3, 0.4) is 0 Å². The van der Waals surface area contributed by atoms with Crippen molar-refractivity contribution >= 4 is 29.2 Å². The third-order valence-electron chi connectivity index (χ3n) is 4.76. The Bertz CT molecular complexity index is 1090. The third-order valence-corrected chi connectivity index (χ3v) is 4.76. The SMILES string of the molecule is Nc1ccccc1CC(=O)c1ccc(CNc2nccc(C3=CC=NC3)n2)cc1. The molecule has 3 N–H and O–H groups in total. The number of nitrogens with two attached hydrogens (primary N) is 1. The summed E-state index contributed by atoms with van der Waals surface area (Å²) in [5.41, 5.74) is 11.1. The lowest BCUT2D eigenvalue weighted by Crippen LogP contribution is -2.07. The number of hydrogen-bond acceptors (Lipinski definition) is 6. The fraction of sp³-hybridized carbons (Fsp3) is 0.130. The number of Topliss-reactive ketones (excluding diaryl/α,β-unsaturated/α-hetero) is 1. The highest BCUT2D eigenvalue weighted by molar-refractivity contribution is 5.98. The predicted molar refractivity (Wildman–Crippen MR) is 116 cm³/mol. The van der Waals surface area contributed by atoms with Gasteiger partial charge in [-0.05, 0) is 29.3 Å². The van der Waals surface area contributed by atoms with Gasteiger partial charge in [-0.25, -0.2) is 9.97 Å². The van der Waals surface area contributed by atoms with E-state index >= 15 is 0 Å². The van der Waals surface area contributed by atoms with Crippen molar-refractivity contribution in [3.63, 3.8) is 0 Å². The van der Waals surface area contributed by atoms with Gasteiger partial charge >= 0.3 is 0 Å². The normalized spacial score (nSPS) is 12.6. The van der Waals surface area contributed by atoms with Gasteiger partial charge in [0, 0.05) is 42.2 Å². The van der Waals surface area contributed by atoms with E-state index in [1.54, 1.807) is 12.4 Å². The number of carbonyl (C=O) groups is 1. The van der Waals surface area contributed by atoms with Crippen molar-refractivity contribution in [2.75, 3.05) is 17.6 Å². The topological polar surface area (TPSA) is 93.3 Å². The van der Waals surface area contributed by atoms with Gasteiger partial charge in [0.15, 0.2) is 5.78 Å². The van der Waals surface area contributed by atoms with Crippen molar-refractivity contribution in [1.29, 1.82) is 0 Å². The Morgan fingerprint density at radius 2 is 1.90 bits per heavy atom. The summed E-state index contributed by atoms with van der Waals surface area (Å²) in [6.45, 7) is 1.22. The zero-order valence-corrected chi connectivity index (χ0v) is 15.9. The molecule has 4 rings (SSSR count). The molecule has 1 aliphatic heterocycles. The summed E-state index contributed by atoms with van der Waals surface area (Å²) in [6, 6.07) is 16.9. The number of nitrogen functional groups attached to an aromatic ring is 1. The van der Waals surface area contributed by atoms with Crippen LogP contribution in [-0.2, 0) is 13.0 Å². The molecule has 0 atom stereocenters. The van der Waals surface area contributed by atoms with E-state index < -0.39 is 0 Å². The lowest BCUT2D eigenvalue weighted by Gasteiger charge is -2.08. The molecule has 0 spiro atoms. The third kappa shape index (κ3) is 4.55. The zero-order valence-electron chi connectivity index (χ0n) is 15.9. The van der Waals surface area contributed by atoms with E-state index in [0.717, 1.165) is 22.4 Å². The van der Waals surface area contributed by atoms with Crippen LogP contribution in [0.4, 0.5) is 11.6 Å². The van der Waals surface area contributed by atoms with Gasteiger partial charge < -0.3 is 11.1 Å². The van der Waals surface area contributed by atoms with Crippen LogP contribution in [0, 0.1) is 0 Å². The number of aliphatic imine (C=N–C) groups is 1. The maximum Gasteiger partial charge on any atom is 0.223 e. The van der Waals surface area contributed by atoms with E-state index in [2.05, 4.69) is 20.3 Å². The molecule has 0 fully saturated rings. The molecular weight excluding hydrogens is 362 g/mol. The molecule has 6 nitrogen and oxygen atoms in total. The number of para-hydroxylation sites is 1. The van der Waals surface area contributed by atoms with E-state index in [9.17, 15) is 4.79 Å². The van der Waals surface area contributed by atoms with E-state index in [0.29, 0.717) is 36.7 Å². The molecule has 0 bridgehead atoms. The van der Waals surface area contributed by atoms with Crippen molar-refractivity contribution < 1.29 is 4.79 Å². The second kappa shape index (κ2) is 8.48. The summed E-state index contributed by atoms with van der Waals surface area (Å²) >= 11 is 0. The second-order valence-electron chi connectivity index (χ2n) is 6.80.